The Morgan fingerprint density at radius 2 is 1.76 bits per heavy atom. The van der Waals surface area contributed by atoms with Crippen molar-refractivity contribution < 1.29 is 19.1 Å². The van der Waals surface area contributed by atoms with Crippen LogP contribution in [0.25, 0.3) is 0 Å². The largest absolute Gasteiger partial charge is 0.469 e. The zero-order chi connectivity index (χ0) is 14.6. The molecule has 0 spiro atoms. The predicted octanol–water partition coefficient (Wildman–Crippen LogP) is 2.56. The molecule has 1 aliphatic heterocycles. The molecule has 0 radical (unpaired) electrons. The van der Waals surface area contributed by atoms with E-state index in [9.17, 15) is 9.59 Å². The Labute approximate surface area is 125 Å². The Balaban J connectivity index is 1.59. The van der Waals surface area contributed by atoms with Crippen molar-refractivity contribution in [2.24, 2.45) is 35.0 Å². The number of carbonyl (C=O) groups is 2. The van der Waals surface area contributed by atoms with Crippen LogP contribution in [-0.4, -0.2) is 25.7 Å². The fraction of sp³-hybridized carbons (Fsp3) is 0.882. The van der Waals surface area contributed by atoms with E-state index < -0.39 is 0 Å². The molecule has 4 nitrogen and oxygen atoms in total. The highest BCUT2D eigenvalue weighted by Gasteiger charge is 2.58. The molecule has 0 N–H and O–H groups in total. The van der Waals surface area contributed by atoms with Crippen LogP contribution < -0.4 is 0 Å². The smallest absolute Gasteiger partial charge is 0.309 e. The maximum atomic E-state index is 12.1. The summed E-state index contributed by atoms with van der Waals surface area (Å²) >= 11 is 0. The van der Waals surface area contributed by atoms with E-state index in [-0.39, 0.29) is 35.6 Å². The lowest BCUT2D eigenvalue weighted by Gasteiger charge is -2.59. The van der Waals surface area contributed by atoms with Crippen molar-refractivity contribution in [2.75, 3.05) is 13.7 Å². The monoisotopic (exact) mass is 292 g/mol. The van der Waals surface area contributed by atoms with Gasteiger partial charge in [-0.2, -0.15) is 0 Å². The predicted molar refractivity (Wildman–Crippen MR) is 75.2 cm³/mol. The summed E-state index contributed by atoms with van der Waals surface area (Å²) in [6.07, 6.45) is 8.11. The Bertz CT molecular complexity index is 434. The molecule has 4 bridgehead atoms. The van der Waals surface area contributed by atoms with Crippen LogP contribution in [0.3, 0.4) is 0 Å². The molecule has 5 fully saturated rings. The molecular formula is C17H24O4. The van der Waals surface area contributed by atoms with Crippen LogP contribution in [0.4, 0.5) is 0 Å². The molecule has 0 amide bonds. The molecule has 4 heteroatoms. The lowest BCUT2D eigenvalue weighted by atomic mass is 9.45. The first-order chi connectivity index (χ1) is 10.1. The molecule has 0 aromatic rings. The number of esters is 2. The van der Waals surface area contributed by atoms with Gasteiger partial charge in [-0.05, 0) is 61.7 Å². The molecule has 0 unspecified atom stereocenters. The molecule has 21 heavy (non-hydrogen) atoms. The Morgan fingerprint density at radius 3 is 2.29 bits per heavy atom. The molecule has 1 heterocycles. The summed E-state index contributed by atoms with van der Waals surface area (Å²) in [5, 5.41) is 0. The third kappa shape index (κ3) is 2.09. The van der Waals surface area contributed by atoms with Crippen LogP contribution in [0.15, 0.2) is 0 Å². The van der Waals surface area contributed by atoms with E-state index in [1.54, 1.807) is 0 Å². The SMILES string of the molecule is COC(=O)C[C@@H]1C(=O)OC[C@H]1C12CC3CC(CC(C3)C1)C2. The van der Waals surface area contributed by atoms with Gasteiger partial charge in [-0.15, -0.1) is 0 Å². The molecule has 5 rings (SSSR count). The van der Waals surface area contributed by atoms with Crippen LogP contribution in [0.2, 0.25) is 0 Å². The lowest BCUT2D eigenvalue weighted by Crippen LogP contribution is -2.51. The summed E-state index contributed by atoms with van der Waals surface area (Å²) in [5.74, 6) is 2.06. The number of methoxy groups -OCH3 is 1. The molecule has 1 saturated heterocycles. The van der Waals surface area contributed by atoms with E-state index in [0.717, 1.165) is 17.8 Å². The first-order valence-electron chi connectivity index (χ1n) is 8.33. The van der Waals surface area contributed by atoms with Gasteiger partial charge in [0.05, 0.1) is 26.1 Å². The topological polar surface area (TPSA) is 52.6 Å². The Hall–Kier alpha value is -1.06. The average molecular weight is 292 g/mol. The zero-order valence-electron chi connectivity index (χ0n) is 12.7. The minimum absolute atomic E-state index is 0.179. The van der Waals surface area contributed by atoms with Crippen molar-refractivity contribution in [2.45, 2.75) is 44.9 Å². The van der Waals surface area contributed by atoms with E-state index in [4.69, 9.17) is 9.47 Å². The van der Waals surface area contributed by atoms with Gasteiger partial charge in [0.25, 0.3) is 0 Å². The number of hydrogen-bond acceptors (Lipinski definition) is 4. The quantitative estimate of drug-likeness (QED) is 0.750. The van der Waals surface area contributed by atoms with Crippen molar-refractivity contribution in [3.63, 3.8) is 0 Å². The van der Waals surface area contributed by atoms with Crippen molar-refractivity contribution in [3.05, 3.63) is 0 Å². The maximum Gasteiger partial charge on any atom is 0.309 e. The van der Waals surface area contributed by atoms with E-state index >= 15 is 0 Å². The van der Waals surface area contributed by atoms with E-state index in [1.807, 2.05) is 0 Å². The Morgan fingerprint density at radius 1 is 1.19 bits per heavy atom. The first-order valence-corrected chi connectivity index (χ1v) is 8.33. The van der Waals surface area contributed by atoms with Crippen LogP contribution in [0.1, 0.15) is 44.9 Å². The van der Waals surface area contributed by atoms with Gasteiger partial charge in [0.15, 0.2) is 0 Å². The average Bonchev–Trinajstić information content (AvgIpc) is 2.79. The molecular weight excluding hydrogens is 268 g/mol. The second-order valence-electron chi connectivity index (χ2n) is 7.90. The van der Waals surface area contributed by atoms with E-state index in [1.165, 1.54) is 45.6 Å². The highest BCUT2D eigenvalue weighted by Crippen LogP contribution is 2.64. The number of ether oxygens (including phenoxy) is 2. The summed E-state index contributed by atoms with van der Waals surface area (Å²) in [4.78, 5) is 23.8. The minimum atomic E-state index is -0.284. The van der Waals surface area contributed by atoms with Crippen LogP contribution in [0.5, 0.6) is 0 Å². The summed E-state index contributed by atoms with van der Waals surface area (Å²) < 4.78 is 10.1. The van der Waals surface area contributed by atoms with Gasteiger partial charge in [-0.25, -0.2) is 0 Å². The number of carbonyl (C=O) groups excluding carboxylic acids is 2. The molecule has 116 valence electrons. The summed E-state index contributed by atoms with van der Waals surface area (Å²) in [5.41, 5.74) is 0.263. The van der Waals surface area contributed by atoms with Crippen molar-refractivity contribution in [3.8, 4) is 0 Å². The van der Waals surface area contributed by atoms with Gasteiger partial charge in [-0.1, -0.05) is 0 Å². The van der Waals surface area contributed by atoms with Crippen LogP contribution in [-0.2, 0) is 19.1 Å². The second-order valence-corrected chi connectivity index (χ2v) is 7.90. The van der Waals surface area contributed by atoms with Gasteiger partial charge in [-0.3, -0.25) is 9.59 Å². The van der Waals surface area contributed by atoms with Gasteiger partial charge >= 0.3 is 11.9 Å². The Kier molecular flexibility index (Phi) is 3.05. The van der Waals surface area contributed by atoms with Crippen LogP contribution >= 0.6 is 0 Å². The van der Waals surface area contributed by atoms with E-state index in [2.05, 4.69) is 0 Å². The third-order valence-corrected chi connectivity index (χ3v) is 6.68. The second kappa shape index (κ2) is 4.72. The first kappa shape index (κ1) is 13.6. The third-order valence-electron chi connectivity index (χ3n) is 6.68. The molecule has 4 saturated carbocycles. The number of hydrogen-bond donors (Lipinski definition) is 0. The van der Waals surface area contributed by atoms with Gasteiger partial charge in [0.2, 0.25) is 0 Å². The van der Waals surface area contributed by atoms with Gasteiger partial charge in [0.1, 0.15) is 0 Å². The van der Waals surface area contributed by atoms with Crippen molar-refractivity contribution in [1.82, 2.24) is 0 Å². The number of rotatable bonds is 3. The maximum absolute atomic E-state index is 12.1. The van der Waals surface area contributed by atoms with Crippen molar-refractivity contribution >= 4 is 11.9 Å². The molecule has 0 aromatic carbocycles. The van der Waals surface area contributed by atoms with E-state index in [0.29, 0.717) is 6.61 Å². The van der Waals surface area contributed by atoms with Gasteiger partial charge in [0, 0.05) is 5.92 Å². The highest BCUT2D eigenvalue weighted by atomic mass is 16.5. The zero-order valence-corrected chi connectivity index (χ0v) is 12.7. The highest BCUT2D eigenvalue weighted by molar-refractivity contribution is 5.81. The standard InChI is InChI=1S/C17H24O4/c1-20-15(18)5-13-14(9-21-16(13)19)17-6-10-2-11(7-17)4-12(3-10)8-17/h10-14H,2-9H2,1H3/t10?,11?,12?,13-,14+,17?/m0/s1. The molecule has 0 aromatic heterocycles. The summed E-state index contributed by atoms with van der Waals surface area (Å²) in [6.45, 7) is 0.520. The number of cyclic esters (lactones) is 1. The molecule has 2 atom stereocenters. The molecule has 5 aliphatic rings. The lowest BCUT2D eigenvalue weighted by molar-refractivity contribution is -0.150. The fourth-order valence-electron chi connectivity index (χ4n) is 6.28. The molecule has 4 aliphatic carbocycles. The van der Waals surface area contributed by atoms with Crippen LogP contribution in [0, 0.1) is 35.0 Å². The normalized spacial score (nSPS) is 47.5. The van der Waals surface area contributed by atoms with Crippen molar-refractivity contribution in [1.29, 1.82) is 0 Å². The fourth-order valence-corrected chi connectivity index (χ4v) is 6.28. The summed E-state index contributed by atoms with van der Waals surface area (Å²) in [7, 11) is 1.39. The summed E-state index contributed by atoms with van der Waals surface area (Å²) in [6, 6.07) is 0. The minimum Gasteiger partial charge on any atom is -0.469 e. The van der Waals surface area contributed by atoms with Gasteiger partial charge < -0.3 is 9.47 Å².